The number of nitrogens with zero attached hydrogens (tertiary/aromatic N) is 1. The van der Waals surface area contributed by atoms with Gasteiger partial charge in [0.1, 0.15) is 0 Å². The third kappa shape index (κ3) is 3.85. The minimum Gasteiger partial charge on any atom is -0.351 e. The second-order valence-electron chi connectivity index (χ2n) is 6.54. The molecule has 0 radical (unpaired) electrons. The van der Waals surface area contributed by atoms with Crippen LogP contribution < -0.4 is 10.6 Å². The molecule has 8 heteroatoms. The Kier molecular flexibility index (Phi) is 5.22. The zero-order valence-electron chi connectivity index (χ0n) is 14.3. The Balaban J connectivity index is 1.93. The predicted octanol–water partition coefficient (Wildman–Crippen LogP) is 3.51. The molecule has 2 heterocycles. The van der Waals surface area contributed by atoms with E-state index in [0.29, 0.717) is 35.0 Å². The van der Waals surface area contributed by atoms with Crippen LogP contribution in [0, 0.1) is 0 Å². The van der Waals surface area contributed by atoms with E-state index in [9.17, 15) is 18.0 Å². The van der Waals surface area contributed by atoms with Crippen molar-refractivity contribution in [3.63, 3.8) is 0 Å². The standard InChI is InChI=1S/C18H20F3N3OS/c1-11-14(16(25)24-9-3-2-4-10-24)15(23-17(26)22-11)12-5-7-13(8-6-12)18(19,20)21/h5-8,15H,2-4,9-10H2,1H3,(H2,22,23,26). The van der Waals surface area contributed by atoms with Crippen LogP contribution in [-0.2, 0) is 11.0 Å². The minimum atomic E-state index is -4.40. The lowest BCUT2D eigenvalue weighted by molar-refractivity contribution is -0.137. The van der Waals surface area contributed by atoms with Gasteiger partial charge in [-0.3, -0.25) is 4.79 Å². The summed E-state index contributed by atoms with van der Waals surface area (Å²) in [4.78, 5) is 14.8. The van der Waals surface area contributed by atoms with Gasteiger partial charge in [0.25, 0.3) is 5.91 Å². The van der Waals surface area contributed by atoms with Crippen molar-refractivity contribution in [3.8, 4) is 0 Å². The number of alkyl halides is 3. The average Bonchev–Trinajstić information content (AvgIpc) is 2.61. The molecule has 1 atom stereocenters. The van der Waals surface area contributed by atoms with E-state index in [1.165, 1.54) is 12.1 Å². The Bertz CT molecular complexity index is 737. The number of amides is 1. The van der Waals surface area contributed by atoms with E-state index in [1.807, 2.05) is 0 Å². The van der Waals surface area contributed by atoms with E-state index in [2.05, 4.69) is 10.6 Å². The van der Waals surface area contributed by atoms with Gasteiger partial charge in [-0.1, -0.05) is 12.1 Å². The number of piperidine rings is 1. The van der Waals surface area contributed by atoms with Crippen molar-refractivity contribution >= 4 is 23.2 Å². The SMILES string of the molecule is CC1=C(C(=O)N2CCCCC2)C(c2ccc(C(F)(F)F)cc2)NC(=S)N1. The summed E-state index contributed by atoms with van der Waals surface area (Å²) in [6, 6.07) is 4.28. The predicted molar refractivity (Wildman–Crippen MR) is 96.2 cm³/mol. The van der Waals surface area contributed by atoms with Crippen LogP contribution in [0.4, 0.5) is 13.2 Å². The zero-order chi connectivity index (χ0) is 18.9. The Hall–Kier alpha value is -2.09. The van der Waals surface area contributed by atoms with Crippen molar-refractivity contribution in [1.29, 1.82) is 0 Å². The number of rotatable bonds is 2. The molecule has 0 spiro atoms. The van der Waals surface area contributed by atoms with E-state index >= 15 is 0 Å². The molecule has 1 amide bonds. The van der Waals surface area contributed by atoms with Gasteiger partial charge in [0.2, 0.25) is 0 Å². The number of hydrogen-bond acceptors (Lipinski definition) is 2. The van der Waals surface area contributed by atoms with Crippen LogP contribution in [0.5, 0.6) is 0 Å². The summed E-state index contributed by atoms with van der Waals surface area (Å²) in [7, 11) is 0. The fraction of sp³-hybridized carbons (Fsp3) is 0.444. The number of likely N-dealkylation sites (tertiary alicyclic amines) is 1. The molecule has 2 N–H and O–H groups in total. The summed E-state index contributed by atoms with van der Waals surface area (Å²) in [6.07, 6.45) is -1.37. The number of allylic oxidation sites excluding steroid dienone is 1. The van der Waals surface area contributed by atoms with Crippen LogP contribution in [0.1, 0.15) is 43.4 Å². The van der Waals surface area contributed by atoms with E-state index in [-0.39, 0.29) is 5.91 Å². The molecular weight excluding hydrogens is 363 g/mol. The monoisotopic (exact) mass is 383 g/mol. The number of nitrogens with one attached hydrogen (secondary N) is 2. The number of benzene rings is 1. The number of carbonyl (C=O) groups is 1. The van der Waals surface area contributed by atoms with Crippen molar-refractivity contribution in [3.05, 3.63) is 46.7 Å². The molecule has 1 fully saturated rings. The summed E-state index contributed by atoms with van der Waals surface area (Å²) in [5.41, 5.74) is 0.985. The Morgan fingerprint density at radius 3 is 2.35 bits per heavy atom. The fourth-order valence-corrected chi connectivity index (χ4v) is 3.63. The van der Waals surface area contributed by atoms with Crippen LogP contribution in [-0.4, -0.2) is 29.0 Å². The number of carbonyl (C=O) groups excluding carboxylic acids is 1. The lowest BCUT2D eigenvalue weighted by Crippen LogP contribution is -2.48. The van der Waals surface area contributed by atoms with Crippen LogP contribution in [0.3, 0.4) is 0 Å². The molecule has 1 unspecified atom stereocenters. The van der Waals surface area contributed by atoms with Crippen LogP contribution >= 0.6 is 12.2 Å². The van der Waals surface area contributed by atoms with Crippen molar-refractivity contribution in [1.82, 2.24) is 15.5 Å². The van der Waals surface area contributed by atoms with Crippen molar-refractivity contribution < 1.29 is 18.0 Å². The van der Waals surface area contributed by atoms with Crippen molar-refractivity contribution in [2.24, 2.45) is 0 Å². The average molecular weight is 383 g/mol. The van der Waals surface area contributed by atoms with Gasteiger partial charge < -0.3 is 15.5 Å². The Labute approximate surface area is 155 Å². The smallest absolute Gasteiger partial charge is 0.351 e. The zero-order valence-corrected chi connectivity index (χ0v) is 15.1. The minimum absolute atomic E-state index is 0.102. The molecule has 0 aromatic heterocycles. The maximum Gasteiger partial charge on any atom is 0.416 e. The molecule has 4 nitrogen and oxygen atoms in total. The van der Waals surface area contributed by atoms with Gasteiger partial charge in [0.05, 0.1) is 17.2 Å². The molecule has 0 saturated carbocycles. The van der Waals surface area contributed by atoms with Crippen molar-refractivity contribution in [2.75, 3.05) is 13.1 Å². The first-order chi connectivity index (χ1) is 12.3. The summed E-state index contributed by atoms with van der Waals surface area (Å²) in [5.74, 6) is -0.102. The summed E-state index contributed by atoms with van der Waals surface area (Å²) in [6.45, 7) is 3.15. The van der Waals surface area contributed by atoms with E-state index in [0.717, 1.165) is 31.4 Å². The molecule has 2 aliphatic rings. The quantitative estimate of drug-likeness (QED) is 0.768. The van der Waals surface area contributed by atoms with Crippen LogP contribution in [0.15, 0.2) is 35.5 Å². The third-order valence-corrected chi connectivity index (χ3v) is 4.93. The molecule has 140 valence electrons. The van der Waals surface area contributed by atoms with E-state index < -0.39 is 17.8 Å². The fourth-order valence-electron chi connectivity index (χ4n) is 3.36. The highest BCUT2D eigenvalue weighted by Gasteiger charge is 2.34. The van der Waals surface area contributed by atoms with Gasteiger partial charge >= 0.3 is 6.18 Å². The molecular formula is C18H20F3N3OS. The molecule has 26 heavy (non-hydrogen) atoms. The maximum absolute atomic E-state index is 13.0. The maximum atomic E-state index is 13.0. The molecule has 1 aromatic rings. The second-order valence-corrected chi connectivity index (χ2v) is 6.95. The van der Waals surface area contributed by atoms with Crippen LogP contribution in [0.25, 0.3) is 0 Å². The first-order valence-electron chi connectivity index (χ1n) is 8.52. The van der Waals surface area contributed by atoms with Gasteiger partial charge in [0, 0.05) is 18.8 Å². The number of halogens is 3. The first-order valence-corrected chi connectivity index (χ1v) is 8.93. The van der Waals surface area contributed by atoms with Crippen molar-refractivity contribution in [2.45, 2.75) is 38.4 Å². The van der Waals surface area contributed by atoms with Gasteiger partial charge in [-0.25, -0.2) is 0 Å². The Morgan fingerprint density at radius 2 is 1.77 bits per heavy atom. The van der Waals surface area contributed by atoms with Crippen LogP contribution in [0.2, 0.25) is 0 Å². The summed E-state index contributed by atoms with van der Waals surface area (Å²) >= 11 is 5.18. The Morgan fingerprint density at radius 1 is 1.15 bits per heavy atom. The van der Waals surface area contributed by atoms with Gasteiger partial charge in [0.15, 0.2) is 5.11 Å². The van der Waals surface area contributed by atoms with E-state index in [4.69, 9.17) is 12.2 Å². The van der Waals surface area contributed by atoms with Gasteiger partial charge in [-0.2, -0.15) is 13.2 Å². The van der Waals surface area contributed by atoms with E-state index in [1.54, 1.807) is 11.8 Å². The number of thiocarbonyl (C=S) groups is 1. The summed E-state index contributed by atoms with van der Waals surface area (Å²) in [5, 5.41) is 6.33. The summed E-state index contributed by atoms with van der Waals surface area (Å²) < 4.78 is 38.5. The second kappa shape index (κ2) is 7.26. The lowest BCUT2D eigenvalue weighted by atomic mass is 9.93. The molecule has 3 rings (SSSR count). The highest BCUT2D eigenvalue weighted by atomic mass is 32.1. The molecule has 1 saturated heterocycles. The lowest BCUT2D eigenvalue weighted by Gasteiger charge is -2.35. The molecule has 1 aromatic carbocycles. The normalized spacial score (nSPS) is 21.3. The highest BCUT2D eigenvalue weighted by Crippen LogP contribution is 2.33. The molecule has 0 bridgehead atoms. The van der Waals surface area contributed by atoms with Gasteiger partial charge in [-0.05, 0) is 56.1 Å². The highest BCUT2D eigenvalue weighted by molar-refractivity contribution is 7.80. The molecule has 0 aliphatic carbocycles. The largest absolute Gasteiger partial charge is 0.416 e. The number of hydrogen-bond donors (Lipinski definition) is 2. The van der Waals surface area contributed by atoms with Gasteiger partial charge in [-0.15, -0.1) is 0 Å². The third-order valence-electron chi connectivity index (χ3n) is 4.71. The first kappa shape index (κ1) is 18.7. The molecule has 2 aliphatic heterocycles. The topological polar surface area (TPSA) is 44.4 Å².